The number of benzene rings is 2. The lowest BCUT2D eigenvalue weighted by molar-refractivity contribution is -0.123. The second-order valence-corrected chi connectivity index (χ2v) is 9.62. The van der Waals surface area contributed by atoms with Crippen molar-refractivity contribution in [3.8, 4) is 5.75 Å². The predicted octanol–water partition coefficient (Wildman–Crippen LogP) is 2.22. The largest absolute Gasteiger partial charge is 0.483 e. The molecule has 0 saturated carbocycles. The summed E-state index contributed by atoms with van der Waals surface area (Å²) in [4.78, 5) is 24.2. The molecule has 3 N–H and O–H groups in total. The van der Waals surface area contributed by atoms with Gasteiger partial charge in [0.25, 0.3) is 11.8 Å². The van der Waals surface area contributed by atoms with Gasteiger partial charge in [-0.1, -0.05) is 12.1 Å². The van der Waals surface area contributed by atoms with Crippen LogP contribution < -0.4 is 20.3 Å². The van der Waals surface area contributed by atoms with Gasteiger partial charge < -0.3 is 4.74 Å². The summed E-state index contributed by atoms with van der Waals surface area (Å²) in [7, 11) is -3.69. The van der Waals surface area contributed by atoms with Crippen molar-refractivity contribution < 1.29 is 22.7 Å². The minimum atomic E-state index is -3.69. The lowest BCUT2D eigenvalue weighted by Gasteiger charge is -2.20. The minimum absolute atomic E-state index is 0.0416. The van der Waals surface area contributed by atoms with Crippen molar-refractivity contribution in [2.75, 3.05) is 6.61 Å². The van der Waals surface area contributed by atoms with Gasteiger partial charge in [0.2, 0.25) is 10.0 Å². The third-order valence-electron chi connectivity index (χ3n) is 3.89. The van der Waals surface area contributed by atoms with Crippen molar-refractivity contribution in [3.63, 3.8) is 0 Å². The fraction of sp³-hybridized carbons (Fsp3) is 0.333. The van der Waals surface area contributed by atoms with E-state index in [-0.39, 0.29) is 17.1 Å². The average molecular weight is 434 g/mol. The lowest BCUT2D eigenvalue weighted by Crippen LogP contribution is -2.43. The maximum atomic E-state index is 12.3. The normalized spacial score (nSPS) is 11.6. The van der Waals surface area contributed by atoms with Gasteiger partial charge in [0, 0.05) is 11.1 Å². The Morgan fingerprint density at radius 3 is 2.20 bits per heavy atom. The molecule has 9 heteroatoms. The number of carbonyl (C=O) groups is 2. The second kappa shape index (κ2) is 9.27. The molecule has 0 fully saturated rings. The van der Waals surface area contributed by atoms with Gasteiger partial charge in [-0.05, 0) is 76.1 Å². The van der Waals surface area contributed by atoms with E-state index in [0.717, 1.165) is 11.1 Å². The van der Waals surface area contributed by atoms with Gasteiger partial charge in [-0.15, -0.1) is 0 Å². The van der Waals surface area contributed by atoms with Gasteiger partial charge >= 0.3 is 0 Å². The summed E-state index contributed by atoms with van der Waals surface area (Å²) in [5, 5.41) is 0. The molecule has 0 bridgehead atoms. The first-order valence-electron chi connectivity index (χ1n) is 9.31. The monoisotopic (exact) mass is 433 g/mol. The highest BCUT2D eigenvalue weighted by Crippen LogP contribution is 2.18. The molecule has 0 aliphatic carbocycles. The zero-order chi connectivity index (χ0) is 22.5. The first-order chi connectivity index (χ1) is 13.9. The molecule has 0 aliphatic rings. The highest BCUT2D eigenvalue weighted by atomic mass is 32.2. The molecule has 2 amide bonds. The highest BCUT2D eigenvalue weighted by molar-refractivity contribution is 7.89. The van der Waals surface area contributed by atoms with Crippen LogP contribution in [0.3, 0.4) is 0 Å². The van der Waals surface area contributed by atoms with Crippen molar-refractivity contribution in [2.24, 2.45) is 0 Å². The summed E-state index contributed by atoms with van der Waals surface area (Å²) in [6, 6.07) is 11.0. The van der Waals surface area contributed by atoms with Crippen LogP contribution in [0.4, 0.5) is 0 Å². The number of sulfonamides is 1. The predicted molar refractivity (Wildman–Crippen MR) is 114 cm³/mol. The summed E-state index contributed by atoms with van der Waals surface area (Å²) < 4.78 is 32.6. The van der Waals surface area contributed by atoms with Gasteiger partial charge in [-0.2, -0.15) is 0 Å². The third kappa shape index (κ3) is 6.85. The van der Waals surface area contributed by atoms with Crippen LogP contribution in [0, 0.1) is 13.8 Å². The van der Waals surface area contributed by atoms with Crippen LogP contribution in [0.5, 0.6) is 5.75 Å². The molecule has 0 saturated heterocycles. The zero-order valence-corrected chi connectivity index (χ0v) is 18.5. The van der Waals surface area contributed by atoms with Gasteiger partial charge in [0.1, 0.15) is 5.75 Å². The number of hydrazine groups is 1. The number of nitrogens with one attached hydrogen (secondary N) is 3. The Morgan fingerprint density at radius 1 is 0.967 bits per heavy atom. The van der Waals surface area contributed by atoms with Crippen molar-refractivity contribution >= 4 is 21.8 Å². The van der Waals surface area contributed by atoms with Gasteiger partial charge in [-0.3, -0.25) is 20.4 Å². The summed E-state index contributed by atoms with van der Waals surface area (Å²) >= 11 is 0. The Bertz CT molecular complexity index is 1030. The number of aryl methyl sites for hydroxylation is 2. The maximum Gasteiger partial charge on any atom is 0.276 e. The molecule has 0 heterocycles. The fourth-order valence-electron chi connectivity index (χ4n) is 2.49. The van der Waals surface area contributed by atoms with Gasteiger partial charge in [-0.25, -0.2) is 13.1 Å². The third-order valence-corrected chi connectivity index (χ3v) is 5.66. The maximum absolute atomic E-state index is 12.3. The summed E-state index contributed by atoms with van der Waals surface area (Å²) in [6.45, 7) is 8.73. The molecule has 0 unspecified atom stereocenters. The zero-order valence-electron chi connectivity index (χ0n) is 17.7. The Morgan fingerprint density at radius 2 is 1.60 bits per heavy atom. The van der Waals surface area contributed by atoms with E-state index in [2.05, 4.69) is 15.6 Å². The van der Waals surface area contributed by atoms with E-state index >= 15 is 0 Å². The Kier molecular flexibility index (Phi) is 7.22. The highest BCUT2D eigenvalue weighted by Gasteiger charge is 2.22. The first kappa shape index (κ1) is 23.4. The summed E-state index contributed by atoms with van der Waals surface area (Å²) in [5.74, 6) is -0.516. The molecule has 8 nitrogen and oxygen atoms in total. The standard InChI is InChI=1S/C21H27N3O5S/c1-14-6-7-15(2)18(12-14)29-13-19(25)22-23-20(26)16-8-10-17(11-9-16)30(27,28)24-21(3,4)5/h6-12,24H,13H2,1-5H3,(H,22,25)(H,23,26). The van der Waals surface area contributed by atoms with Crippen molar-refractivity contribution in [1.29, 1.82) is 0 Å². The molecule has 0 radical (unpaired) electrons. The quantitative estimate of drug-likeness (QED) is 0.605. The molecular weight excluding hydrogens is 406 g/mol. The molecule has 0 aliphatic heterocycles. The van der Waals surface area contributed by atoms with Gasteiger partial charge in [0.15, 0.2) is 6.61 Å². The van der Waals surface area contributed by atoms with E-state index in [1.165, 1.54) is 24.3 Å². The number of carbonyl (C=O) groups excluding carboxylic acids is 2. The molecule has 0 atom stereocenters. The number of rotatable bonds is 6. The van der Waals surface area contributed by atoms with E-state index in [1.54, 1.807) is 20.8 Å². The molecule has 0 spiro atoms. The Hall–Kier alpha value is -2.91. The van der Waals surface area contributed by atoms with Crippen molar-refractivity contribution in [1.82, 2.24) is 15.6 Å². The second-order valence-electron chi connectivity index (χ2n) is 7.94. The SMILES string of the molecule is Cc1ccc(C)c(OCC(=O)NNC(=O)c2ccc(S(=O)(=O)NC(C)(C)C)cc2)c1. The van der Waals surface area contributed by atoms with E-state index in [4.69, 9.17) is 4.74 Å². The Balaban J connectivity index is 1.90. The van der Waals surface area contributed by atoms with Gasteiger partial charge in [0.05, 0.1) is 4.90 Å². The fourth-order valence-corrected chi connectivity index (χ4v) is 3.91. The van der Waals surface area contributed by atoms with Crippen LogP contribution >= 0.6 is 0 Å². The average Bonchev–Trinajstić information content (AvgIpc) is 2.65. The van der Waals surface area contributed by atoms with Crippen LogP contribution in [-0.2, 0) is 14.8 Å². The van der Waals surface area contributed by atoms with Crippen molar-refractivity contribution in [3.05, 3.63) is 59.2 Å². The molecular formula is C21H27N3O5S. The number of hydrogen-bond acceptors (Lipinski definition) is 5. The van der Waals surface area contributed by atoms with E-state index < -0.39 is 27.4 Å². The van der Waals surface area contributed by atoms with Crippen LogP contribution in [0.15, 0.2) is 47.4 Å². The van der Waals surface area contributed by atoms with Crippen LogP contribution in [0.1, 0.15) is 42.3 Å². The lowest BCUT2D eigenvalue weighted by atomic mass is 10.1. The number of ether oxygens (including phenoxy) is 1. The molecule has 30 heavy (non-hydrogen) atoms. The molecule has 2 aromatic carbocycles. The van der Waals surface area contributed by atoms with E-state index in [9.17, 15) is 18.0 Å². The molecule has 0 aromatic heterocycles. The summed E-state index contributed by atoms with van der Waals surface area (Å²) in [5.41, 5.74) is 6.01. The smallest absolute Gasteiger partial charge is 0.276 e. The van der Waals surface area contributed by atoms with Crippen LogP contribution in [0.25, 0.3) is 0 Å². The molecule has 162 valence electrons. The number of hydrogen-bond donors (Lipinski definition) is 3. The summed E-state index contributed by atoms with van der Waals surface area (Å²) in [6.07, 6.45) is 0. The van der Waals surface area contributed by atoms with E-state index in [0.29, 0.717) is 5.75 Å². The van der Waals surface area contributed by atoms with Crippen LogP contribution in [0.2, 0.25) is 0 Å². The van der Waals surface area contributed by atoms with E-state index in [1.807, 2.05) is 32.0 Å². The molecule has 2 aromatic rings. The topological polar surface area (TPSA) is 114 Å². The van der Waals surface area contributed by atoms with Crippen LogP contribution in [-0.4, -0.2) is 32.4 Å². The first-order valence-corrected chi connectivity index (χ1v) is 10.8. The van der Waals surface area contributed by atoms with Crippen molar-refractivity contribution in [2.45, 2.75) is 45.1 Å². The minimum Gasteiger partial charge on any atom is -0.483 e. The molecule has 2 rings (SSSR count). The number of amides is 2. The Labute approximate surface area is 177 Å².